The SMILES string of the molecule is COC(=O)C[C@H](NC(=O)CNC(=O)OC(C)(C)C)c1cccc(C(F)(F)F)c1F. The highest BCUT2D eigenvalue weighted by Gasteiger charge is 2.36. The molecule has 0 fully saturated rings. The highest BCUT2D eigenvalue weighted by atomic mass is 19.4. The Morgan fingerprint density at radius 2 is 1.76 bits per heavy atom. The lowest BCUT2D eigenvalue weighted by Gasteiger charge is -2.22. The molecule has 7 nitrogen and oxygen atoms in total. The molecule has 1 aromatic carbocycles. The second kappa shape index (κ2) is 9.57. The Morgan fingerprint density at radius 3 is 2.28 bits per heavy atom. The summed E-state index contributed by atoms with van der Waals surface area (Å²) in [5.41, 5.74) is -2.89. The van der Waals surface area contributed by atoms with Crippen LogP contribution in [0.25, 0.3) is 0 Å². The average molecular weight is 422 g/mol. The molecule has 1 aromatic rings. The molecular formula is C18H22F4N2O5. The van der Waals surface area contributed by atoms with Crippen molar-refractivity contribution in [1.82, 2.24) is 10.6 Å². The van der Waals surface area contributed by atoms with Gasteiger partial charge in [-0.15, -0.1) is 0 Å². The maximum atomic E-state index is 14.4. The van der Waals surface area contributed by atoms with Crippen LogP contribution in [0.5, 0.6) is 0 Å². The van der Waals surface area contributed by atoms with Gasteiger partial charge in [-0.3, -0.25) is 9.59 Å². The van der Waals surface area contributed by atoms with E-state index in [-0.39, 0.29) is 0 Å². The fraction of sp³-hybridized carbons (Fsp3) is 0.500. The molecule has 2 N–H and O–H groups in total. The Kier molecular flexibility index (Phi) is 7.98. The van der Waals surface area contributed by atoms with Gasteiger partial charge in [0.1, 0.15) is 18.0 Å². The van der Waals surface area contributed by atoms with Crippen LogP contribution in [0.1, 0.15) is 44.4 Å². The van der Waals surface area contributed by atoms with E-state index < -0.39 is 65.7 Å². The van der Waals surface area contributed by atoms with Crippen LogP contribution in [0.3, 0.4) is 0 Å². The topological polar surface area (TPSA) is 93.7 Å². The molecule has 0 saturated heterocycles. The number of hydrogen-bond acceptors (Lipinski definition) is 5. The summed E-state index contributed by atoms with van der Waals surface area (Å²) in [6.07, 6.45) is -6.48. The van der Waals surface area contributed by atoms with E-state index in [0.29, 0.717) is 6.07 Å². The standard InChI is InChI=1S/C18H22F4N2O5/c1-17(2,3)29-16(27)23-9-13(25)24-12(8-14(26)28-4)10-6-5-7-11(15(10)19)18(20,21)22/h5-7,12H,8-9H2,1-4H3,(H,23,27)(H,24,25)/t12-/m0/s1. The first-order chi connectivity index (χ1) is 13.2. The third kappa shape index (κ3) is 7.96. The zero-order valence-electron chi connectivity index (χ0n) is 16.3. The van der Waals surface area contributed by atoms with Crippen molar-refractivity contribution in [2.24, 2.45) is 0 Å². The van der Waals surface area contributed by atoms with Crippen LogP contribution in [0, 0.1) is 5.82 Å². The maximum Gasteiger partial charge on any atom is 0.419 e. The molecule has 0 aliphatic rings. The van der Waals surface area contributed by atoms with Gasteiger partial charge in [-0.2, -0.15) is 13.2 Å². The van der Waals surface area contributed by atoms with E-state index in [0.717, 1.165) is 19.2 Å². The third-order valence-electron chi connectivity index (χ3n) is 3.44. The number of alkyl carbamates (subject to hydrolysis) is 1. The molecule has 0 bridgehead atoms. The summed E-state index contributed by atoms with van der Waals surface area (Å²) in [5.74, 6) is -3.37. The number of halogens is 4. The molecule has 2 amide bonds. The van der Waals surface area contributed by atoms with Gasteiger partial charge in [0.2, 0.25) is 5.91 Å². The summed E-state index contributed by atoms with van der Waals surface area (Å²) in [7, 11) is 1.04. The van der Waals surface area contributed by atoms with Crippen molar-refractivity contribution < 1.29 is 41.4 Å². The molecule has 0 heterocycles. The van der Waals surface area contributed by atoms with Gasteiger partial charge in [-0.25, -0.2) is 9.18 Å². The molecule has 0 spiro atoms. The Hall–Kier alpha value is -2.85. The van der Waals surface area contributed by atoms with Gasteiger partial charge < -0.3 is 20.1 Å². The number of carbonyl (C=O) groups excluding carboxylic acids is 3. The Balaban J connectivity index is 2.99. The highest BCUT2D eigenvalue weighted by molar-refractivity contribution is 5.83. The van der Waals surface area contributed by atoms with E-state index in [4.69, 9.17) is 4.74 Å². The average Bonchev–Trinajstić information content (AvgIpc) is 2.57. The first-order valence-electron chi connectivity index (χ1n) is 8.43. The number of ether oxygens (including phenoxy) is 2. The van der Waals surface area contributed by atoms with Gasteiger partial charge >= 0.3 is 18.2 Å². The summed E-state index contributed by atoms with van der Waals surface area (Å²) in [5, 5.41) is 4.37. The van der Waals surface area contributed by atoms with E-state index >= 15 is 0 Å². The van der Waals surface area contributed by atoms with Gasteiger partial charge in [0.25, 0.3) is 0 Å². The third-order valence-corrected chi connectivity index (χ3v) is 3.44. The molecular weight excluding hydrogens is 400 g/mol. The first kappa shape index (κ1) is 24.2. The Morgan fingerprint density at radius 1 is 1.14 bits per heavy atom. The Labute approximate surface area is 164 Å². The second-order valence-corrected chi connectivity index (χ2v) is 6.96. The molecule has 1 rings (SSSR count). The molecule has 1 atom stereocenters. The van der Waals surface area contributed by atoms with Crippen molar-refractivity contribution in [3.8, 4) is 0 Å². The van der Waals surface area contributed by atoms with Gasteiger partial charge in [-0.05, 0) is 26.8 Å². The zero-order valence-corrected chi connectivity index (χ0v) is 16.3. The number of esters is 1. The summed E-state index contributed by atoms with van der Waals surface area (Å²) in [4.78, 5) is 35.2. The minimum atomic E-state index is -4.96. The minimum absolute atomic E-state index is 0.542. The lowest BCUT2D eigenvalue weighted by molar-refractivity contribution is -0.141. The molecule has 0 saturated carbocycles. The van der Waals surface area contributed by atoms with Crippen LogP contribution in [0.15, 0.2) is 18.2 Å². The summed E-state index contributed by atoms with van der Waals surface area (Å²) >= 11 is 0. The molecule has 11 heteroatoms. The van der Waals surface area contributed by atoms with Gasteiger partial charge in [0.15, 0.2) is 0 Å². The van der Waals surface area contributed by atoms with E-state index in [1.54, 1.807) is 20.8 Å². The molecule has 0 aromatic heterocycles. The normalized spacial score (nSPS) is 12.7. The van der Waals surface area contributed by atoms with Crippen molar-refractivity contribution in [2.75, 3.05) is 13.7 Å². The number of alkyl halides is 3. The molecule has 29 heavy (non-hydrogen) atoms. The predicted molar refractivity (Wildman–Crippen MR) is 93.2 cm³/mol. The van der Waals surface area contributed by atoms with Crippen molar-refractivity contribution in [1.29, 1.82) is 0 Å². The van der Waals surface area contributed by atoms with Gasteiger partial charge in [0, 0.05) is 5.56 Å². The smallest absolute Gasteiger partial charge is 0.419 e. The Bertz CT molecular complexity index is 760. The van der Waals surface area contributed by atoms with Crippen molar-refractivity contribution in [2.45, 2.75) is 45.0 Å². The van der Waals surface area contributed by atoms with Crippen LogP contribution >= 0.6 is 0 Å². The van der Waals surface area contributed by atoms with Gasteiger partial charge in [-0.1, -0.05) is 12.1 Å². The van der Waals surface area contributed by atoms with Crippen LogP contribution in [0.4, 0.5) is 22.4 Å². The zero-order chi connectivity index (χ0) is 22.4. The monoisotopic (exact) mass is 422 g/mol. The number of rotatable bonds is 6. The molecule has 0 radical (unpaired) electrons. The number of hydrogen-bond donors (Lipinski definition) is 2. The fourth-order valence-corrected chi connectivity index (χ4v) is 2.24. The molecule has 0 aliphatic heterocycles. The second-order valence-electron chi connectivity index (χ2n) is 6.96. The summed E-state index contributed by atoms with van der Waals surface area (Å²) in [6, 6.07) is 1.06. The summed E-state index contributed by atoms with van der Waals surface area (Å²) < 4.78 is 62.6. The number of carbonyl (C=O) groups is 3. The lowest BCUT2D eigenvalue weighted by Crippen LogP contribution is -2.41. The maximum absolute atomic E-state index is 14.4. The quantitative estimate of drug-likeness (QED) is 0.543. The van der Waals surface area contributed by atoms with Crippen molar-refractivity contribution >= 4 is 18.0 Å². The minimum Gasteiger partial charge on any atom is -0.469 e. The van der Waals surface area contributed by atoms with E-state index in [1.807, 2.05) is 0 Å². The van der Waals surface area contributed by atoms with E-state index in [1.165, 1.54) is 0 Å². The number of amides is 2. The van der Waals surface area contributed by atoms with Crippen LogP contribution in [-0.2, 0) is 25.2 Å². The highest BCUT2D eigenvalue weighted by Crippen LogP contribution is 2.34. The molecule has 0 aliphatic carbocycles. The fourth-order valence-electron chi connectivity index (χ4n) is 2.24. The van der Waals surface area contributed by atoms with E-state index in [9.17, 15) is 31.9 Å². The number of benzene rings is 1. The molecule has 162 valence electrons. The predicted octanol–water partition coefficient (Wildman–Crippen LogP) is 3.09. The first-order valence-corrected chi connectivity index (χ1v) is 8.43. The summed E-state index contributed by atoms with van der Waals surface area (Å²) in [6.45, 7) is 4.22. The van der Waals surface area contributed by atoms with Gasteiger partial charge in [0.05, 0.1) is 25.1 Å². The number of methoxy groups -OCH3 is 1. The van der Waals surface area contributed by atoms with Crippen LogP contribution in [0.2, 0.25) is 0 Å². The number of nitrogens with one attached hydrogen (secondary N) is 2. The van der Waals surface area contributed by atoms with Crippen molar-refractivity contribution in [3.05, 3.63) is 35.1 Å². The van der Waals surface area contributed by atoms with Crippen LogP contribution < -0.4 is 10.6 Å². The van der Waals surface area contributed by atoms with E-state index in [2.05, 4.69) is 15.4 Å². The lowest BCUT2D eigenvalue weighted by atomic mass is 9.99. The molecule has 0 unspecified atom stereocenters. The van der Waals surface area contributed by atoms with Crippen molar-refractivity contribution in [3.63, 3.8) is 0 Å². The van der Waals surface area contributed by atoms with Crippen LogP contribution in [-0.4, -0.2) is 37.2 Å². The largest absolute Gasteiger partial charge is 0.469 e.